The lowest BCUT2D eigenvalue weighted by molar-refractivity contribution is -0.0657. The summed E-state index contributed by atoms with van der Waals surface area (Å²) in [5.74, 6) is 10.3. The smallest absolute Gasteiger partial charge is 0.0298 e. The molecule has 0 aliphatic heterocycles. The first-order valence-electron chi connectivity index (χ1n) is 8.35. The van der Waals surface area contributed by atoms with Gasteiger partial charge in [0.05, 0.1) is 0 Å². The molecule has 1 aromatic carbocycles. The Hall–Kier alpha value is -0.860. The van der Waals surface area contributed by atoms with Crippen LogP contribution < -0.4 is 5.84 Å². The van der Waals surface area contributed by atoms with Crippen LogP contribution in [-0.2, 0) is 6.42 Å². The second-order valence-corrected chi connectivity index (χ2v) is 7.39. The van der Waals surface area contributed by atoms with Gasteiger partial charge in [-0.15, -0.1) is 0 Å². The van der Waals surface area contributed by atoms with Crippen LogP contribution in [-0.4, -0.2) is 17.6 Å². The van der Waals surface area contributed by atoms with E-state index in [1.54, 1.807) is 0 Å². The minimum Gasteiger partial charge on any atom is -0.269 e. The third-order valence-electron chi connectivity index (χ3n) is 6.06. The first kappa shape index (κ1) is 12.8. The molecule has 108 valence electrons. The number of rotatable bonds is 4. The van der Waals surface area contributed by atoms with E-state index in [0.717, 1.165) is 36.6 Å². The van der Waals surface area contributed by atoms with Crippen molar-refractivity contribution in [3.63, 3.8) is 0 Å². The van der Waals surface area contributed by atoms with Crippen molar-refractivity contribution >= 4 is 0 Å². The van der Waals surface area contributed by atoms with Crippen LogP contribution in [0.2, 0.25) is 0 Å². The average Bonchev–Trinajstić information content (AvgIpc) is 2.45. The molecular formula is C18H26N2. The molecule has 0 heterocycles. The standard InChI is InChI=1S/C18H26N2/c19-20(7-6-13-4-2-1-3-5-13)18-16-9-14-8-15(11-16)12-17(18)10-14/h1-5,14-18H,6-12,19H2. The topological polar surface area (TPSA) is 29.3 Å². The van der Waals surface area contributed by atoms with Crippen LogP contribution in [0.4, 0.5) is 0 Å². The van der Waals surface area contributed by atoms with E-state index >= 15 is 0 Å². The van der Waals surface area contributed by atoms with E-state index in [4.69, 9.17) is 5.84 Å². The molecule has 0 saturated heterocycles. The summed E-state index contributed by atoms with van der Waals surface area (Å²) in [6.45, 7) is 1.01. The van der Waals surface area contributed by atoms with Gasteiger partial charge in [0.2, 0.25) is 0 Å². The molecule has 0 aromatic heterocycles. The summed E-state index contributed by atoms with van der Waals surface area (Å²) in [6, 6.07) is 11.4. The van der Waals surface area contributed by atoms with Gasteiger partial charge in [-0.2, -0.15) is 0 Å². The fourth-order valence-corrected chi connectivity index (χ4v) is 5.49. The Morgan fingerprint density at radius 3 is 2.10 bits per heavy atom. The first-order valence-corrected chi connectivity index (χ1v) is 8.35. The van der Waals surface area contributed by atoms with Gasteiger partial charge in [0.25, 0.3) is 0 Å². The van der Waals surface area contributed by atoms with Crippen LogP contribution in [0.25, 0.3) is 0 Å². The molecule has 5 rings (SSSR count). The van der Waals surface area contributed by atoms with Gasteiger partial charge in [0.1, 0.15) is 0 Å². The van der Waals surface area contributed by atoms with E-state index in [1.165, 1.54) is 37.7 Å². The second kappa shape index (κ2) is 5.16. The van der Waals surface area contributed by atoms with E-state index in [-0.39, 0.29) is 0 Å². The molecule has 4 aliphatic carbocycles. The minimum absolute atomic E-state index is 0.673. The highest BCUT2D eigenvalue weighted by molar-refractivity contribution is 5.15. The molecule has 0 radical (unpaired) electrons. The highest BCUT2D eigenvalue weighted by Crippen LogP contribution is 2.54. The number of hydrogen-bond acceptors (Lipinski definition) is 2. The molecular weight excluding hydrogens is 244 g/mol. The van der Waals surface area contributed by atoms with Crippen LogP contribution in [0, 0.1) is 23.7 Å². The van der Waals surface area contributed by atoms with Gasteiger partial charge >= 0.3 is 0 Å². The van der Waals surface area contributed by atoms with Gasteiger partial charge in [-0.05, 0) is 67.8 Å². The maximum atomic E-state index is 6.48. The lowest BCUT2D eigenvalue weighted by atomic mass is 9.54. The zero-order valence-electron chi connectivity index (χ0n) is 12.2. The fraction of sp³-hybridized carbons (Fsp3) is 0.667. The lowest BCUT2D eigenvalue weighted by Gasteiger charge is -2.56. The van der Waals surface area contributed by atoms with Crippen molar-refractivity contribution in [3.8, 4) is 0 Å². The highest BCUT2D eigenvalue weighted by Gasteiger charge is 2.49. The Morgan fingerprint density at radius 1 is 0.900 bits per heavy atom. The van der Waals surface area contributed by atoms with Gasteiger partial charge in [0, 0.05) is 12.6 Å². The fourth-order valence-electron chi connectivity index (χ4n) is 5.49. The molecule has 2 nitrogen and oxygen atoms in total. The molecule has 20 heavy (non-hydrogen) atoms. The Morgan fingerprint density at radius 2 is 1.50 bits per heavy atom. The summed E-state index contributed by atoms with van der Waals surface area (Å²) < 4.78 is 0. The first-order chi connectivity index (χ1) is 9.79. The molecule has 2 N–H and O–H groups in total. The van der Waals surface area contributed by atoms with Gasteiger partial charge in [-0.1, -0.05) is 30.3 Å². The molecule has 4 aliphatic rings. The predicted octanol–water partition coefficient (Wildman–Crippen LogP) is 3.23. The summed E-state index contributed by atoms with van der Waals surface area (Å²) in [5.41, 5.74) is 1.41. The summed E-state index contributed by atoms with van der Waals surface area (Å²) in [7, 11) is 0. The van der Waals surface area contributed by atoms with Crippen LogP contribution >= 0.6 is 0 Å². The summed E-state index contributed by atoms with van der Waals surface area (Å²) in [4.78, 5) is 0. The molecule has 1 aromatic rings. The van der Waals surface area contributed by atoms with Crippen LogP contribution in [0.15, 0.2) is 30.3 Å². The minimum atomic E-state index is 0.673. The molecule has 2 heteroatoms. The molecule has 0 unspecified atom stereocenters. The number of nitrogens with two attached hydrogens (primary N) is 1. The van der Waals surface area contributed by atoms with Crippen molar-refractivity contribution in [2.45, 2.75) is 44.6 Å². The van der Waals surface area contributed by atoms with Crippen molar-refractivity contribution in [1.82, 2.24) is 5.01 Å². The summed E-state index contributed by atoms with van der Waals surface area (Å²) in [6.07, 6.45) is 8.43. The Labute approximate surface area is 122 Å². The van der Waals surface area contributed by atoms with E-state index < -0.39 is 0 Å². The van der Waals surface area contributed by atoms with Crippen LogP contribution in [0.1, 0.15) is 37.7 Å². The van der Waals surface area contributed by atoms with Crippen molar-refractivity contribution in [2.75, 3.05) is 6.54 Å². The summed E-state index contributed by atoms with van der Waals surface area (Å²) >= 11 is 0. The van der Waals surface area contributed by atoms with E-state index in [1.807, 2.05) is 0 Å². The maximum Gasteiger partial charge on any atom is 0.0298 e. The lowest BCUT2D eigenvalue weighted by Crippen LogP contribution is -2.58. The normalized spacial score (nSPS) is 38.6. The quantitative estimate of drug-likeness (QED) is 0.672. The van der Waals surface area contributed by atoms with Gasteiger partial charge in [0.15, 0.2) is 0 Å². The Kier molecular flexibility index (Phi) is 3.31. The largest absolute Gasteiger partial charge is 0.269 e. The number of hydrogen-bond donors (Lipinski definition) is 1. The van der Waals surface area contributed by atoms with Crippen molar-refractivity contribution < 1.29 is 0 Å². The van der Waals surface area contributed by atoms with Crippen molar-refractivity contribution in [3.05, 3.63) is 35.9 Å². The van der Waals surface area contributed by atoms with Crippen molar-refractivity contribution in [1.29, 1.82) is 0 Å². The third-order valence-corrected chi connectivity index (χ3v) is 6.06. The summed E-state index contributed by atoms with van der Waals surface area (Å²) in [5, 5.41) is 2.21. The third kappa shape index (κ3) is 2.29. The highest BCUT2D eigenvalue weighted by atomic mass is 15.4. The van der Waals surface area contributed by atoms with Gasteiger partial charge < -0.3 is 0 Å². The predicted molar refractivity (Wildman–Crippen MR) is 81.9 cm³/mol. The molecule has 0 amide bonds. The van der Waals surface area contributed by atoms with Crippen molar-refractivity contribution in [2.24, 2.45) is 29.5 Å². The number of benzene rings is 1. The SMILES string of the molecule is NN(CCc1ccccc1)C1C2CC3CC(C2)CC1C3. The average molecular weight is 270 g/mol. The zero-order valence-corrected chi connectivity index (χ0v) is 12.2. The van der Waals surface area contributed by atoms with Gasteiger partial charge in [-0.25, -0.2) is 5.01 Å². The molecule has 4 fully saturated rings. The van der Waals surface area contributed by atoms with Crippen LogP contribution in [0.5, 0.6) is 0 Å². The molecule has 0 atom stereocenters. The zero-order chi connectivity index (χ0) is 13.5. The van der Waals surface area contributed by atoms with Gasteiger partial charge in [-0.3, -0.25) is 5.84 Å². The van der Waals surface area contributed by atoms with E-state index in [2.05, 4.69) is 35.3 Å². The molecule has 4 saturated carbocycles. The number of nitrogens with zero attached hydrogens (tertiary/aromatic N) is 1. The Bertz CT molecular complexity index is 428. The maximum absolute atomic E-state index is 6.48. The molecule has 4 bridgehead atoms. The van der Waals surface area contributed by atoms with E-state index in [0.29, 0.717) is 6.04 Å². The van der Waals surface area contributed by atoms with Crippen LogP contribution in [0.3, 0.4) is 0 Å². The Balaban J connectivity index is 1.40. The second-order valence-electron chi connectivity index (χ2n) is 7.39. The number of hydrazine groups is 1. The monoisotopic (exact) mass is 270 g/mol. The van der Waals surface area contributed by atoms with E-state index in [9.17, 15) is 0 Å². The molecule has 0 spiro atoms.